The molecule has 4 heteroatoms. The molecular weight excluding hydrogens is 168 g/mol. The van der Waals surface area contributed by atoms with Crippen molar-refractivity contribution >= 4 is 5.97 Å². The van der Waals surface area contributed by atoms with Crippen LogP contribution in [0.15, 0.2) is 18.7 Å². The standard InChI is InChI=1S/C9H8N2O2/c1-2-3-8(9(12)13)7-4-10-6-11-5-7/h1,4-6,8H,3H2,(H,12,13). The van der Waals surface area contributed by atoms with Gasteiger partial charge in [0.1, 0.15) is 6.33 Å². The largest absolute Gasteiger partial charge is 0.481 e. The van der Waals surface area contributed by atoms with Crippen LogP contribution in [0.25, 0.3) is 0 Å². The number of carboxylic acids is 1. The Morgan fingerprint density at radius 3 is 2.69 bits per heavy atom. The van der Waals surface area contributed by atoms with Crippen molar-refractivity contribution in [3.05, 3.63) is 24.3 Å². The zero-order valence-electron chi connectivity index (χ0n) is 6.84. The van der Waals surface area contributed by atoms with Gasteiger partial charge in [-0.15, -0.1) is 12.3 Å². The number of carboxylic acid groups (broad SMARTS) is 1. The summed E-state index contributed by atoms with van der Waals surface area (Å²) in [5.41, 5.74) is 0.535. The summed E-state index contributed by atoms with van der Waals surface area (Å²) in [6, 6.07) is 0. The Morgan fingerprint density at radius 2 is 2.23 bits per heavy atom. The molecule has 4 nitrogen and oxygen atoms in total. The molecule has 1 rings (SSSR count). The van der Waals surface area contributed by atoms with E-state index in [1.165, 1.54) is 18.7 Å². The second-order valence-electron chi connectivity index (χ2n) is 2.47. The molecule has 66 valence electrons. The zero-order valence-corrected chi connectivity index (χ0v) is 6.84. The second-order valence-corrected chi connectivity index (χ2v) is 2.47. The Bertz CT molecular complexity index is 329. The molecule has 1 aromatic heterocycles. The molecule has 1 unspecified atom stereocenters. The van der Waals surface area contributed by atoms with Crippen LogP contribution in [0.5, 0.6) is 0 Å². The summed E-state index contributed by atoms with van der Waals surface area (Å²) < 4.78 is 0. The molecule has 0 amide bonds. The zero-order chi connectivity index (χ0) is 9.68. The summed E-state index contributed by atoms with van der Waals surface area (Å²) in [4.78, 5) is 18.2. The molecule has 0 bridgehead atoms. The Kier molecular flexibility index (Phi) is 2.98. The van der Waals surface area contributed by atoms with E-state index in [1.807, 2.05) is 0 Å². The van der Waals surface area contributed by atoms with E-state index in [4.69, 9.17) is 11.5 Å². The summed E-state index contributed by atoms with van der Waals surface area (Å²) in [6.07, 6.45) is 9.47. The first-order valence-corrected chi connectivity index (χ1v) is 3.67. The average Bonchev–Trinajstić information content (AvgIpc) is 2.15. The number of hydrogen-bond donors (Lipinski definition) is 1. The second kappa shape index (κ2) is 4.21. The fraction of sp³-hybridized carbons (Fsp3) is 0.222. The van der Waals surface area contributed by atoms with Crippen LogP contribution in [0.2, 0.25) is 0 Å². The van der Waals surface area contributed by atoms with Crippen LogP contribution in [0, 0.1) is 12.3 Å². The van der Waals surface area contributed by atoms with E-state index in [0.29, 0.717) is 5.56 Å². The van der Waals surface area contributed by atoms with E-state index in [-0.39, 0.29) is 6.42 Å². The Balaban J connectivity index is 2.90. The number of aliphatic carboxylic acids is 1. The van der Waals surface area contributed by atoms with Gasteiger partial charge in [-0.1, -0.05) is 0 Å². The predicted octanol–water partition coefficient (Wildman–Crippen LogP) is 0.668. The van der Waals surface area contributed by atoms with Crippen LogP contribution in [0.4, 0.5) is 0 Å². The molecule has 0 saturated heterocycles. The van der Waals surface area contributed by atoms with Crippen molar-refractivity contribution in [1.82, 2.24) is 9.97 Å². The molecule has 0 aliphatic heterocycles. The molecule has 0 aromatic carbocycles. The minimum Gasteiger partial charge on any atom is -0.481 e. The highest BCUT2D eigenvalue weighted by Gasteiger charge is 2.18. The van der Waals surface area contributed by atoms with Gasteiger partial charge in [0.2, 0.25) is 0 Å². The molecule has 1 aromatic rings. The van der Waals surface area contributed by atoms with Gasteiger partial charge in [0, 0.05) is 24.4 Å². The van der Waals surface area contributed by atoms with Crippen LogP contribution in [0.1, 0.15) is 17.9 Å². The maximum absolute atomic E-state index is 10.7. The predicted molar refractivity (Wildman–Crippen MR) is 45.9 cm³/mol. The van der Waals surface area contributed by atoms with Gasteiger partial charge in [0.15, 0.2) is 0 Å². The number of nitrogens with zero attached hydrogens (tertiary/aromatic N) is 2. The van der Waals surface area contributed by atoms with Gasteiger partial charge in [0.25, 0.3) is 0 Å². The molecule has 0 fully saturated rings. The van der Waals surface area contributed by atoms with Gasteiger partial charge >= 0.3 is 5.97 Å². The monoisotopic (exact) mass is 176 g/mol. The average molecular weight is 176 g/mol. The first kappa shape index (κ1) is 9.20. The molecule has 0 saturated carbocycles. The van der Waals surface area contributed by atoms with Crippen molar-refractivity contribution in [2.75, 3.05) is 0 Å². The number of aromatic nitrogens is 2. The summed E-state index contributed by atoms with van der Waals surface area (Å²) in [5, 5.41) is 8.81. The lowest BCUT2D eigenvalue weighted by atomic mass is 9.99. The molecular formula is C9H8N2O2. The van der Waals surface area contributed by atoms with Crippen LogP contribution in [0.3, 0.4) is 0 Å². The first-order chi connectivity index (χ1) is 6.25. The summed E-state index contributed by atoms with van der Waals surface area (Å²) in [5.74, 6) is 0.657. The van der Waals surface area contributed by atoms with E-state index >= 15 is 0 Å². The van der Waals surface area contributed by atoms with Gasteiger partial charge in [-0.3, -0.25) is 4.79 Å². The van der Waals surface area contributed by atoms with E-state index in [2.05, 4.69) is 15.9 Å². The van der Waals surface area contributed by atoms with Gasteiger partial charge < -0.3 is 5.11 Å². The van der Waals surface area contributed by atoms with E-state index < -0.39 is 11.9 Å². The summed E-state index contributed by atoms with van der Waals surface area (Å²) in [7, 11) is 0. The molecule has 0 spiro atoms. The Hall–Kier alpha value is -1.89. The van der Waals surface area contributed by atoms with Crippen LogP contribution in [-0.4, -0.2) is 21.0 Å². The van der Waals surface area contributed by atoms with Crippen molar-refractivity contribution < 1.29 is 9.90 Å². The molecule has 0 aliphatic carbocycles. The maximum Gasteiger partial charge on any atom is 0.312 e. The smallest absolute Gasteiger partial charge is 0.312 e. The van der Waals surface area contributed by atoms with Gasteiger partial charge in [0.05, 0.1) is 5.92 Å². The molecule has 1 heterocycles. The lowest BCUT2D eigenvalue weighted by Gasteiger charge is -2.06. The highest BCUT2D eigenvalue weighted by molar-refractivity contribution is 5.76. The van der Waals surface area contributed by atoms with Gasteiger partial charge in [-0.05, 0) is 0 Å². The Morgan fingerprint density at radius 1 is 1.62 bits per heavy atom. The van der Waals surface area contributed by atoms with Crippen LogP contribution < -0.4 is 0 Å². The summed E-state index contributed by atoms with van der Waals surface area (Å²) in [6.45, 7) is 0. The lowest BCUT2D eigenvalue weighted by Crippen LogP contribution is -2.11. The van der Waals surface area contributed by atoms with Crippen LogP contribution >= 0.6 is 0 Å². The third-order valence-corrected chi connectivity index (χ3v) is 1.60. The first-order valence-electron chi connectivity index (χ1n) is 3.67. The van der Waals surface area contributed by atoms with Crippen LogP contribution in [-0.2, 0) is 4.79 Å². The van der Waals surface area contributed by atoms with Gasteiger partial charge in [-0.25, -0.2) is 9.97 Å². The topological polar surface area (TPSA) is 63.1 Å². The normalized spacial score (nSPS) is 11.6. The van der Waals surface area contributed by atoms with E-state index in [0.717, 1.165) is 0 Å². The highest BCUT2D eigenvalue weighted by Crippen LogP contribution is 2.16. The van der Waals surface area contributed by atoms with E-state index in [1.54, 1.807) is 0 Å². The van der Waals surface area contributed by atoms with Gasteiger partial charge in [-0.2, -0.15) is 0 Å². The summed E-state index contributed by atoms with van der Waals surface area (Å²) >= 11 is 0. The third-order valence-electron chi connectivity index (χ3n) is 1.60. The molecule has 1 atom stereocenters. The highest BCUT2D eigenvalue weighted by atomic mass is 16.4. The SMILES string of the molecule is C#CCC(C(=O)O)c1cncnc1. The van der Waals surface area contributed by atoms with Crippen molar-refractivity contribution in [2.24, 2.45) is 0 Å². The molecule has 13 heavy (non-hydrogen) atoms. The molecule has 0 radical (unpaired) electrons. The van der Waals surface area contributed by atoms with E-state index in [9.17, 15) is 4.79 Å². The quantitative estimate of drug-likeness (QED) is 0.687. The maximum atomic E-state index is 10.7. The molecule has 0 aliphatic rings. The Labute approximate surface area is 75.7 Å². The molecule has 1 N–H and O–H groups in total. The number of carbonyl (C=O) groups is 1. The lowest BCUT2D eigenvalue weighted by molar-refractivity contribution is -0.138. The van der Waals surface area contributed by atoms with Crippen molar-refractivity contribution in [1.29, 1.82) is 0 Å². The number of hydrogen-bond acceptors (Lipinski definition) is 3. The van der Waals surface area contributed by atoms with Crippen molar-refractivity contribution in [3.63, 3.8) is 0 Å². The minimum absolute atomic E-state index is 0.155. The number of terminal acetylenes is 1. The minimum atomic E-state index is -0.951. The van der Waals surface area contributed by atoms with Crippen molar-refractivity contribution in [2.45, 2.75) is 12.3 Å². The fourth-order valence-corrected chi connectivity index (χ4v) is 0.956. The fourth-order valence-electron chi connectivity index (χ4n) is 0.956. The van der Waals surface area contributed by atoms with Crippen molar-refractivity contribution in [3.8, 4) is 12.3 Å². The third kappa shape index (κ3) is 2.27. The number of rotatable bonds is 3.